The Kier molecular flexibility index (Phi) is 3.78. The van der Waals surface area contributed by atoms with Gasteiger partial charge in [-0.25, -0.2) is 0 Å². The fourth-order valence-corrected chi connectivity index (χ4v) is 2.67. The SMILES string of the molecule is c1ccc(C(=NNc2cccc3[nH]ncc23)c2ccccc2)cc1. The second-order valence-corrected chi connectivity index (χ2v) is 5.44. The summed E-state index contributed by atoms with van der Waals surface area (Å²) in [6.45, 7) is 0. The van der Waals surface area contributed by atoms with Gasteiger partial charge in [0.2, 0.25) is 0 Å². The molecule has 116 valence electrons. The van der Waals surface area contributed by atoms with Gasteiger partial charge in [0.25, 0.3) is 0 Å². The average molecular weight is 312 g/mol. The molecule has 0 radical (unpaired) electrons. The Bertz CT molecular complexity index is 931. The highest BCUT2D eigenvalue weighted by atomic mass is 15.3. The van der Waals surface area contributed by atoms with Crippen molar-refractivity contribution in [2.75, 3.05) is 5.43 Å². The molecule has 0 aliphatic heterocycles. The number of fused-ring (bicyclic) bond motifs is 1. The van der Waals surface area contributed by atoms with Crippen molar-refractivity contribution in [3.05, 3.63) is 96.2 Å². The Morgan fingerprint density at radius 1 is 0.792 bits per heavy atom. The number of H-pyrrole nitrogens is 1. The first kappa shape index (κ1) is 14.2. The average Bonchev–Trinajstić information content (AvgIpc) is 3.13. The van der Waals surface area contributed by atoms with E-state index in [0.29, 0.717) is 0 Å². The molecule has 2 N–H and O–H groups in total. The van der Waals surface area contributed by atoms with E-state index >= 15 is 0 Å². The summed E-state index contributed by atoms with van der Waals surface area (Å²) in [5, 5.41) is 12.8. The van der Waals surface area contributed by atoms with Crippen LogP contribution < -0.4 is 5.43 Å². The topological polar surface area (TPSA) is 53.1 Å². The van der Waals surface area contributed by atoms with Gasteiger partial charge in [0.15, 0.2) is 0 Å². The molecule has 0 atom stereocenters. The Balaban J connectivity index is 1.76. The zero-order valence-electron chi connectivity index (χ0n) is 13.0. The molecule has 0 fully saturated rings. The van der Waals surface area contributed by atoms with Crippen LogP contribution in [0.1, 0.15) is 11.1 Å². The second-order valence-electron chi connectivity index (χ2n) is 5.44. The summed E-state index contributed by atoms with van der Waals surface area (Å²) in [6, 6.07) is 26.3. The van der Waals surface area contributed by atoms with Gasteiger partial charge in [-0.15, -0.1) is 0 Å². The van der Waals surface area contributed by atoms with E-state index in [9.17, 15) is 0 Å². The van der Waals surface area contributed by atoms with E-state index in [1.54, 1.807) is 6.20 Å². The van der Waals surface area contributed by atoms with E-state index in [0.717, 1.165) is 33.4 Å². The molecule has 0 spiro atoms. The lowest BCUT2D eigenvalue weighted by atomic mass is 10.0. The molecule has 4 rings (SSSR count). The highest BCUT2D eigenvalue weighted by Crippen LogP contribution is 2.21. The largest absolute Gasteiger partial charge is 0.278 e. The van der Waals surface area contributed by atoms with Crippen molar-refractivity contribution in [3.63, 3.8) is 0 Å². The van der Waals surface area contributed by atoms with E-state index in [1.165, 1.54) is 0 Å². The van der Waals surface area contributed by atoms with Gasteiger partial charge in [-0.05, 0) is 12.1 Å². The van der Waals surface area contributed by atoms with E-state index in [2.05, 4.69) is 45.0 Å². The summed E-state index contributed by atoms with van der Waals surface area (Å²) in [7, 11) is 0. The number of anilines is 1. The van der Waals surface area contributed by atoms with E-state index in [-0.39, 0.29) is 0 Å². The molecular weight excluding hydrogens is 296 g/mol. The van der Waals surface area contributed by atoms with E-state index in [4.69, 9.17) is 0 Å². The lowest BCUT2D eigenvalue weighted by molar-refractivity contribution is 1.12. The molecular formula is C20H16N4. The molecule has 4 nitrogen and oxygen atoms in total. The van der Waals surface area contributed by atoms with Gasteiger partial charge in [0, 0.05) is 16.5 Å². The Labute approximate surface area is 139 Å². The molecule has 0 amide bonds. The third-order valence-electron chi connectivity index (χ3n) is 3.87. The molecule has 1 heterocycles. The molecule has 0 unspecified atom stereocenters. The van der Waals surface area contributed by atoms with Crippen LogP contribution in [0.3, 0.4) is 0 Å². The Morgan fingerprint density at radius 3 is 2.12 bits per heavy atom. The molecule has 0 saturated carbocycles. The minimum absolute atomic E-state index is 0.900. The monoisotopic (exact) mass is 312 g/mol. The smallest absolute Gasteiger partial charge is 0.0977 e. The van der Waals surface area contributed by atoms with Crippen LogP contribution in [-0.4, -0.2) is 15.9 Å². The van der Waals surface area contributed by atoms with Crippen LogP contribution in [-0.2, 0) is 0 Å². The quantitative estimate of drug-likeness (QED) is 0.433. The van der Waals surface area contributed by atoms with Crippen molar-refractivity contribution in [3.8, 4) is 0 Å². The highest BCUT2D eigenvalue weighted by molar-refractivity contribution is 6.13. The van der Waals surface area contributed by atoms with Crippen LogP contribution in [0.2, 0.25) is 0 Å². The third kappa shape index (κ3) is 2.77. The Hall–Kier alpha value is -3.40. The van der Waals surface area contributed by atoms with Crippen LogP contribution in [0.4, 0.5) is 5.69 Å². The van der Waals surface area contributed by atoms with Crippen molar-refractivity contribution in [1.29, 1.82) is 0 Å². The number of hydrogen-bond acceptors (Lipinski definition) is 3. The highest BCUT2D eigenvalue weighted by Gasteiger charge is 2.07. The molecule has 4 heteroatoms. The van der Waals surface area contributed by atoms with Gasteiger partial charge in [-0.1, -0.05) is 66.7 Å². The number of hydrogen-bond donors (Lipinski definition) is 2. The van der Waals surface area contributed by atoms with Gasteiger partial charge >= 0.3 is 0 Å². The molecule has 0 saturated heterocycles. The van der Waals surface area contributed by atoms with Crippen molar-refractivity contribution >= 4 is 22.3 Å². The van der Waals surface area contributed by atoms with Crippen molar-refractivity contribution in [1.82, 2.24) is 10.2 Å². The summed E-state index contributed by atoms with van der Waals surface area (Å²) in [6.07, 6.45) is 1.80. The second kappa shape index (κ2) is 6.38. The summed E-state index contributed by atoms with van der Waals surface area (Å²) < 4.78 is 0. The Morgan fingerprint density at radius 2 is 1.46 bits per heavy atom. The van der Waals surface area contributed by atoms with Crippen molar-refractivity contribution < 1.29 is 0 Å². The lowest BCUT2D eigenvalue weighted by Crippen LogP contribution is -2.06. The van der Waals surface area contributed by atoms with E-state index in [1.807, 2.05) is 54.6 Å². The van der Waals surface area contributed by atoms with Gasteiger partial charge in [-0.2, -0.15) is 10.2 Å². The van der Waals surface area contributed by atoms with Crippen LogP contribution in [0, 0.1) is 0 Å². The predicted molar refractivity (Wildman–Crippen MR) is 98.2 cm³/mol. The van der Waals surface area contributed by atoms with Crippen LogP contribution in [0.5, 0.6) is 0 Å². The van der Waals surface area contributed by atoms with Crippen LogP contribution in [0.15, 0.2) is 90.2 Å². The number of benzene rings is 3. The van der Waals surface area contributed by atoms with Crippen molar-refractivity contribution in [2.24, 2.45) is 5.10 Å². The first-order chi connectivity index (χ1) is 11.9. The zero-order chi connectivity index (χ0) is 16.2. The summed E-state index contributed by atoms with van der Waals surface area (Å²) >= 11 is 0. The molecule has 1 aromatic heterocycles. The molecule has 0 aliphatic rings. The fraction of sp³-hybridized carbons (Fsp3) is 0. The molecule has 24 heavy (non-hydrogen) atoms. The predicted octanol–water partition coefficient (Wildman–Crippen LogP) is 4.43. The summed E-state index contributed by atoms with van der Waals surface area (Å²) in [4.78, 5) is 0. The number of nitrogens with zero attached hydrogens (tertiary/aromatic N) is 2. The standard InChI is InChI=1S/C20H16N4/c1-3-8-15(9-4-1)20(16-10-5-2-6-11-16)24-23-19-13-7-12-18-17(19)14-21-22-18/h1-14,23H,(H,21,22). The first-order valence-corrected chi connectivity index (χ1v) is 7.78. The maximum Gasteiger partial charge on any atom is 0.0977 e. The number of hydrazone groups is 1. The van der Waals surface area contributed by atoms with Crippen LogP contribution in [0.25, 0.3) is 10.9 Å². The maximum absolute atomic E-state index is 4.69. The molecule has 4 aromatic rings. The number of nitrogens with one attached hydrogen (secondary N) is 2. The maximum atomic E-state index is 4.69. The van der Waals surface area contributed by atoms with Crippen LogP contribution >= 0.6 is 0 Å². The fourth-order valence-electron chi connectivity index (χ4n) is 2.67. The van der Waals surface area contributed by atoms with Gasteiger partial charge < -0.3 is 0 Å². The first-order valence-electron chi connectivity index (χ1n) is 7.78. The number of aromatic nitrogens is 2. The van der Waals surface area contributed by atoms with E-state index < -0.39 is 0 Å². The van der Waals surface area contributed by atoms with Crippen molar-refractivity contribution in [2.45, 2.75) is 0 Å². The minimum atomic E-state index is 0.900. The van der Waals surface area contributed by atoms with Gasteiger partial charge in [-0.3, -0.25) is 10.5 Å². The summed E-state index contributed by atoms with van der Waals surface area (Å²) in [5.74, 6) is 0. The lowest BCUT2D eigenvalue weighted by Gasteiger charge is -2.09. The third-order valence-corrected chi connectivity index (χ3v) is 3.87. The molecule has 3 aromatic carbocycles. The number of aromatic amines is 1. The molecule has 0 aliphatic carbocycles. The molecule has 0 bridgehead atoms. The van der Waals surface area contributed by atoms with Gasteiger partial charge in [0.1, 0.15) is 0 Å². The van der Waals surface area contributed by atoms with Gasteiger partial charge in [0.05, 0.1) is 23.1 Å². The number of rotatable bonds is 4. The minimum Gasteiger partial charge on any atom is -0.278 e. The zero-order valence-corrected chi connectivity index (χ0v) is 13.0. The summed E-state index contributed by atoms with van der Waals surface area (Å²) in [5.41, 5.74) is 8.13. The normalized spacial score (nSPS) is 10.5.